The zero-order valence-corrected chi connectivity index (χ0v) is 20.3. The largest absolute Gasteiger partial charge is 0.487 e. The first kappa shape index (κ1) is 24.0. The highest BCUT2D eigenvalue weighted by Crippen LogP contribution is 2.42. The summed E-state index contributed by atoms with van der Waals surface area (Å²) in [5, 5.41) is 12.8. The summed E-state index contributed by atoms with van der Waals surface area (Å²) in [6.07, 6.45) is 5.14. The molecule has 0 atom stereocenters. The molecule has 1 fully saturated rings. The van der Waals surface area contributed by atoms with Gasteiger partial charge >= 0.3 is 0 Å². The van der Waals surface area contributed by atoms with Crippen LogP contribution in [0, 0.1) is 0 Å². The van der Waals surface area contributed by atoms with E-state index in [4.69, 9.17) is 10.5 Å². The number of nitrogens with two attached hydrogens (primary N) is 1. The number of amides is 1. The molecule has 2 aromatic rings. The Hall–Kier alpha value is -3.17. The molecule has 9 nitrogen and oxygen atoms in total. The Morgan fingerprint density at radius 2 is 1.91 bits per heavy atom. The summed E-state index contributed by atoms with van der Waals surface area (Å²) in [7, 11) is 0. The van der Waals surface area contributed by atoms with Gasteiger partial charge in [-0.25, -0.2) is 9.97 Å². The quantitative estimate of drug-likeness (QED) is 0.554. The van der Waals surface area contributed by atoms with Crippen LogP contribution in [0.1, 0.15) is 39.1 Å². The molecule has 4 rings (SSSR count). The fraction of sp³-hybridized carbons (Fsp3) is 0.480. The molecular weight excluding hydrogens is 432 g/mol. The summed E-state index contributed by atoms with van der Waals surface area (Å²) < 4.78 is 6.18. The van der Waals surface area contributed by atoms with Crippen LogP contribution in [0.2, 0.25) is 0 Å². The van der Waals surface area contributed by atoms with Gasteiger partial charge in [0, 0.05) is 68.4 Å². The summed E-state index contributed by atoms with van der Waals surface area (Å²) in [5.41, 5.74) is 8.07. The number of carbonyl (C=O) groups is 1. The molecule has 182 valence electrons. The van der Waals surface area contributed by atoms with E-state index < -0.39 is 0 Å². The third kappa shape index (κ3) is 4.85. The highest BCUT2D eigenvalue weighted by Gasteiger charge is 2.34. The van der Waals surface area contributed by atoms with Crippen molar-refractivity contribution in [3.63, 3.8) is 0 Å². The molecule has 2 aliphatic rings. The van der Waals surface area contributed by atoms with Crippen molar-refractivity contribution < 1.29 is 14.6 Å². The van der Waals surface area contributed by atoms with Crippen LogP contribution in [0.15, 0.2) is 36.8 Å². The van der Waals surface area contributed by atoms with Gasteiger partial charge in [-0.1, -0.05) is 0 Å². The Morgan fingerprint density at radius 1 is 1.24 bits per heavy atom. The second kappa shape index (κ2) is 9.23. The topological polar surface area (TPSA) is 117 Å². The molecule has 9 heteroatoms. The van der Waals surface area contributed by atoms with Gasteiger partial charge in [-0.2, -0.15) is 0 Å². The highest BCUT2D eigenvalue weighted by atomic mass is 16.5. The minimum Gasteiger partial charge on any atom is -0.487 e. The normalized spacial score (nSPS) is 18.4. The van der Waals surface area contributed by atoms with E-state index >= 15 is 0 Å². The van der Waals surface area contributed by atoms with Crippen LogP contribution in [-0.4, -0.2) is 69.8 Å². The maximum atomic E-state index is 13.2. The SMILES string of the molecule is CC1(C)Cc2cc(NC(=O)/C(=C/N)c3ncccn3)c(N3CCN(C(C)(C)CO)CC3)cc2O1. The number of piperazine rings is 1. The van der Waals surface area contributed by atoms with Crippen molar-refractivity contribution >= 4 is 22.9 Å². The van der Waals surface area contributed by atoms with Gasteiger partial charge in [0.05, 0.1) is 23.6 Å². The number of benzene rings is 1. The molecule has 1 saturated heterocycles. The standard InChI is InChI=1S/C25H34N6O3/c1-24(2,16-32)31-10-8-30(9-11-31)20-13-21-17(14-25(3,4)34-21)12-19(20)29-23(33)18(15-26)22-27-6-5-7-28-22/h5-7,12-13,15,32H,8-11,14,16,26H2,1-4H3,(H,29,33)/b18-15+. The Balaban J connectivity index is 1.63. The number of aliphatic hydroxyl groups excluding tert-OH is 1. The monoisotopic (exact) mass is 466 g/mol. The van der Waals surface area contributed by atoms with Crippen LogP contribution in [0.25, 0.3) is 5.57 Å². The van der Waals surface area contributed by atoms with E-state index in [1.807, 2.05) is 26.0 Å². The molecule has 0 saturated carbocycles. The fourth-order valence-electron chi connectivity index (χ4n) is 4.53. The van der Waals surface area contributed by atoms with Crippen molar-refractivity contribution in [2.24, 2.45) is 5.73 Å². The van der Waals surface area contributed by atoms with Crippen molar-refractivity contribution in [3.8, 4) is 5.75 Å². The van der Waals surface area contributed by atoms with Crippen LogP contribution in [-0.2, 0) is 11.2 Å². The number of anilines is 2. The maximum absolute atomic E-state index is 13.2. The number of aromatic nitrogens is 2. The minimum absolute atomic E-state index is 0.103. The molecule has 4 N–H and O–H groups in total. The van der Waals surface area contributed by atoms with Crippen LogP contribution in [0.5, 0.6) is 5.75 Å². The lowest BCUT2D eigenvalue weighted by Gasteiger charge is -2.44. The molecule has 0 unspecified atom stereocenters. The molecule has 34 heavy (non-hydrogen) atoms. The second-order valence-electron chi connectivity index (χ2n) is 10.1. The van der Waals surface area contributed by atoms with Gasteiger partial charge in [-0.3, -0.25) is 9.69 Å². The first-order chi connectivity index (χ1) is 16.1. The number of rotatable bonds is 6. The summed E-state index contributed by atoms with van der Waals surface area (Å²) in [5.74, 6) is 0.750. The summed E-state index contributed by atoms with van der Waals surface area (Å²) in [6, 6.07) is 5.71. The van der Waals surface area contributed by atoms with Gasteiger partial charge in [0.1, 0.15) is 11.4 Å². The van der Waals surface area contributed by atoms with E-state index in [1.54, 1.807) is 18.5 Å². The van der Waals surface area contributed by atoms with E-state index in [1.165, 1.54) is 6.20 Å². The lowest BCUT2D eigenvalue weighted by molar-refractivity contribution is -0.111. The first-order valence-electron chi connectivity index (χ1n) is 11.6. The smallest absolute Gasteiger partial charge is 0.261 e. The van der Waals surface area contributed by atoms with Crippen LogP contribution >= 0.6 is 0 Å². The van der Waals surface area contributed by atoms with Crippen molar-refractivity contribution in [2.75, 3.05) is 43.0 Å². The predicted octanol–water partition coefficient (Wildman–Crippen LogP) is 2.02. The predicted molar refractivity (Wildman–Crippen MR) is 133 cm³/mol. The lowest BCUT2D eigenvalue weighted by Crippen LogP contribution is -2.56. The Bertz CT molecular complexity index is 1080. The van der Waals surface area contributed by atoms with Gasteiger partial charge in [0.25, 0.3) is 5.91 Å². The van der Waals surface area contributed by atoms with E-state index in [2.05, 4.69) is 38.9 Å². The first-order valence-corrected chi connectivity index (χ1v) is 11.6. The number of ether oxygens (including phenoxy) is 1. The molecular formula is C25H34N6O3. The van der Waals surface area contributed by atoms with Crippen LogP contribution < -0.4 is 20.7 Å². The lowest BCUT2D eigenvalue weighted by atomic mass is 10.00. The zero-order valence-electron chi connectivity index (χ0n) is 20.3. The average molecular weight is 467 g/mol. The van der Waals surface area contributed by atoms with Crippen molar-refractivity contribution in [2.45, 2.75) is 45.3 Å². The molecule has 0 radical (unpaired) electrons. The molecule has 0 spiro atoms. The number of aliphatic hydroxyl groups is 1. The van der Waals surface area contributed by atoms with Gasteiger partial charge in [-0.05, 0) is 39.8 Å². The molecule has 1 aromatic carbocycles. The van der Waals surface area contributed by atoms with Gasteiger partial charge < -0.3 is 25.8 Å². The maximum Gasteiger partial charge on any atom is 0.261 e. The Morgan fingerprint density at radius 3 is 2.53 bits per heavy atom. The van der Waals surface area contributed by atoms with Crippen LogP contribution in [0.3, 0.4) is 0 Å². The molecule has 3 heterocycles. The average Bonchev–Trinajstić information content (AvgIpc) is 3.12. The number of hydrogen-bond acceptors (Lipinski definition) is 8. The molecule has 0 aliphatic carbocycles. The van der Waals surface area contributed by atoms with Gasteiger partial charge in [0.2, 0.25) is 0 Å². The van der Waals surface area contributed by atoms with Gasteiger partial charge in [-0.15, -0.1) is 0 Å². The summed E-state index contributed by atoms with van der Waals surface area (Å²) >= 11 is 0. The second-order valence-corrected chi connectivity index (χ2v) is 10.1. The fourth-order valence-corrected chi connectivity index (χ4v) is 4.53. The Labute approximate surface area is 200 Å². The summed E-state index contributed by atoms with van der Waals surface area (Å²) in [4.78, 5) is 26.1. The number of carbonyl (C=O) groups excluding carboxylic acids is 1. The molecule has 2 aliphatic heterocycles. The highest BCUT2D eigenvalue weighted by molar-refractivity contribution is 6.24. The molecule has 1 aromatic heterocycles. The van der Waals surface area contributed by atoms with E-state index in [9.17, 15) is 9.90 Å². The van der Waals surface area contributed by atoms with Crippen molar-refractivity contribution in [1.29, 1.82) is 0 Å². The minimum atomic E-state index is -0.367. The van der Waals surface area contributed by atoms with Crippen LogP contribution in [0.4, 0.5) is 11.4 Å². The van der Waals surface area contributed by atoms with Crippen molar-refractivity contribution in [1.82, 2.24) is 14.9 Å². The van der Waals surface area contributed by atoms with E-state index in [0.29, 0.717) is 5.69 Å². The van der Waals surface area contributed by atoms with E-state index in [0.717, 1.165) is 49.6 Å². The number of hydrogen-bond donors (Lipinski definition) is 3. The van der Waals surface area contributed by atoms with Crippen molar-refractivity contribution in [3.05, 3.63) is 48.2 Å². The third-order valence-electron chi connectivity index (χ3n) is 6.51. The third-order valence-corrected chi connectivity index (χ3v) is 6.51. The number of nitrogens with zero attached hydrogens (tertiary/aromatic N) is 4. The summed E-state index contributed by atoms with van der Waals surface area (Å²) in [6.45, 7) is 11.4. The zero-order chi connectivity index (χ0) is 24.5. The van der Waals surface area contributed by atoms with Gasteiger partial charge in [0.15, 0.2) is 5.82 Å². The van der Waals surface area contributed by atoms with E-state index in [-0.39, 0.29) is 35.1 Å². The Kier molecular flexibility index (Phi) is 6.51. The molecule has 0 bridgehead atoms. The molecule has 1 amide bonds. The number of fused-ring (bicyclic) bond motifs is 1. The number of nitrogens with one attached hydrogen (secondary N) is 1.